The minimum Gasteiger partial charge on any atom is -0.488 e. The van der Waals surface area contributed by atoms with E-state index in [0.29, 0.717) is 6.61 Å². The number of carbonyl (C=O) groups excluding carboxylic acids is 1. The van der Waals surface area contributed by atoms with E-state index in [1.165, 1.54) is 0 Å². The highest BCUT2D eigenvalue weighted by molar-refractivity contribution is 5.84. The zero-order valence-electron chi connectivity index (χ0n) is 16.4. The number of aliphatic hydroxyl groups is 1. The van der Waals surface area contributed by atoms with Crippen LogP contribution in [0.1, 0.15) is 39.5 Å². The van der Waals surface area contributed by atoms with Crippen LogP contribution < -0.4 is 10.1 Å². The van der Waals surface area contributed by atoms with Gasteiger partial charge in [0.2, 0.25) is 5.91 Å². The van der Waals surface area contributed by atoms with Crippen molar-refractivity contribution >= 4 is 16.8 Å². The van der Waals surface area contributed by atoms with Gasteiger partial charge in [0.15, 0.2) is 0 Å². The average molecular weight is 384 g/mol. The van der Waals surface area contributed by atoms with Crippen molar-refractivity contribution in [2.45, 2.75) is 63.4 Å². The third kappa shape index (κ3) is 4.13. The molecular weight excluding hydrogens is 356 g/mol. The molecule has 2 N–H and O–H groups in total. The quantitative estimate of drug-likeness (QED) is 0.829. The summed E-state index contributed by atoms with van der Waals surface area (Å²) < 4.78 is 11.8. The van der Waals surface area contributed by atoms with Crippen LogP contribution in [0.4, 0.5) is 0 Å². The van der Waals surface area contributed by atoms with E-state index in [0.717, 1.165) is 42.3 Å². The van der Waals surface area contributed by atoms with Crippen LogP contribution >= 0.6 is 0 Å². The van der Waals surface area contributed by atoms with Gasteiger partial charge in [-0.25, -0.2) is 0 Å². The lowest BCUT2D eigenvalue weighted by molar-refractivity contribution is -0.137. The first-order valence-electron chi connectivity index (χ1n) is 10.0. The topological polar surface area (TPSA) is 80.7 Å². The van der Waals surface area contributed by atoms with Crippen molar-refractivity contribution in [1.82, 2.24) is 10.3 Å². The predicted molar refractivity (Wildman–Crippen MR) is 106 cm³/mol. The van der Waals surface area contributed by atoms with Crippen LogP contribution in [0, 0.1) is 5.92 Å². The highest BCUT2D eigenvalue weighted by Crippen LogP contribution is 2.34. The summed E-state index contributed by atoms with van der Waals surface area (Å²) in [6, 6.07) is 9.86. The van der Waals surface area contributed by atoms with E-state index >= 15 is 0 Å². The van der Waals surface area contributed by atoms with Gasteiger partial charge >= 0.3 is 0 Å². The molecule has 1 aromatic heterocycles. The van der Waals surface area contributed by atoms with Gasteiger partial charge in [0.25, 0.3) is 0 Å². The fourth-order valence-corrected chi connectivity index (χ4v) is 3.97. The van der Waals surface area contributed by atoms with Crippen LogP contribution in [0.5, 0.6) is 5.75 Å². The van der Waals surface area contributed by atoms with Gasteiger partial charge in [-0.05, 0) is 51.7 Å². The molecule has 2 atom stereocenters. The number of fused-ring (bicyclic) bond motifs is 1. The Labute approximate surface area is 165 Å². The number of rotatable bonds is 5. The number of amides is 1. The van der Waals surface area contributed by atoms with Crippen LogP contribution in [-0.4, -0.2) is 46.5 Å². The molecule has 0 spiro atoms. The van der Waals surface area contributed by atoms with E-state index in [-0.39, 0.29) is 30.1 Å². The average Bonchev–Trinajstić information content (AvgIpc) is 2.64. The van der Waals surface area contributed by atoms with E-state index in [1.54, 1.807) is 20.0 Å². The van der Waals surface area contributed by atoms with Crippen molar-refractivity contribution < 1.29 is 19.4 Å². The first kappa shape index (κ1) is 19.2. The fraction of sp³-hybridized carbons (Fsp3) is 0.545. The van der Waals surface area contributed by atoms with Crippen LogP contribution in [0.2, 0.25) is 0 Å². The van der Waals surface area contributed by atoms with Gasteiger partial charge in [-0.3, -0.25) is 9.78 Å². The lowest BCUT2D eigenvalue weighted by atomic mass is 9.81. The van der Waals surface area contributed by atoms with Gasteiger partial charge in [-0.15, -0.1) is 0 Å². The maximum atomic E-state index is 12.5. The number of hydrogen-bond acceptors (Lipinski definition) is 5. The van der Waals surface area contributed by atoms with Gasteiger partial charge in [0.05, 0.1) is 24.4 Å². The monoisotopic (exact) mass is 384 g/mol. The molecule has 2 aliphatic rings. The largest absolute Gasteiger partial charge is 0.488 e. The molecule has 1 saturated heterocycles. The molecule has 1 aliphatic heterocycles. The van der Waals surface area contributed by atoms with Crippen molar-refractivity contribution in [2.75, 3.05) is 6.61 Å². The number of ether oxygens (including phenoxy) is 2. The molecule has 1 amide bonds. The second kappa shape index (κ2) is 7.68. The van der Waals surface area contributed by atoms with Crippen LogP contribution in [0.15, 0.2) is 36.5 Å². The lowest BCUT2D eigenvalue weighted by Crippen LogP contribution is -2.51. The van der Waals surface area contributed by atoms with Gasteiger partial charge < -0.3 is 19.9 Å². The Morgan fingerprint density at radius 2 is 2.04 bits per heavy atom. The number of para-hydroxylation sites is 1. The Morgan fingerprint density at radius 3 is 2.75 bits per heavy atom. The molecule has 4 rings (SSSR count). The summed E-state index contributed by atoms with van der Waals surface area (Å²) in [5, 5.41) is 14.2. The Morgan fingerprint density at radius 1 is 1.25 bits per heavy atom. The van der Waals surface area contributed by atoms with Gasteiger partial charge in [-0.1, -0.05) is 18.2 Å². The Hall–Kier alpha value is -2.18. The maximum absolute atomic E-state index is 12.5. The number of pyridine rings is 1. The summed E-state index contributed by atoms with van der Waals surface area (Å²) in [7, 11) is 0. The van der Waals surface area contributed by atoms with E-state index in [2.05, 4.69) is 10.3 Å². The predicted octanol–water partition coefficient (Wildman–Crippen LogP) is 2.83. The van der Waals surface area contributed by atoms with E-state index in [1.807, 2.05) is 30.3 Å². The van der Waals surface area contributed by atoms with Crippen molar-refractivity contribution in [3.63, 3.8) is 0 Å². The molecule has 2 heterocycles. The highest BCUT2D eigenvalue weighted by atomic mass is 16.5. The summed E-state index contributed by atoms with van der Waals surface area (Å²) in [5.41, 5.74) is 0.0166. The second-order valence-corrected chi connectivity index (χ2v) is 8.50. The Kier molecular flexibility index (Phi) is 5.25. The zero-order chi connectivity index (χ0) is 19.7. The number of benzene rings is 1. The lowest BCUT2D eigenvalue weighted by Gasteiger charge is -2.38. The smallest absolute Gasteiger partial charge is 0.223 e. The Bertz CT molecular complexity index is 829. The normalized spacial score (nSPS) is 27.8. The first-order valence-corrected chi connectivity index (χ1v) is 10.0. The summed E-state index contributed by atoms with van der Waals surface area (Å²) in [6.45, 7) is 3.97. The molecule has 150 valence electrons. The first-order chi connectivity index (χ1) is 13.4. The van der Waals surface area contributed by atoms with E-state index < -0.39 is 5.60 Å². The van der Waals surface area contributed by atoms with Gasteiger partial charge in [0.1, 0.15) is 17.4 Å². The molecule has 6 heteroatoms. The number of aromatic nitrogens is 1. The van der Waals surface area contributed by atoms with Crippen molar-refractivity contribution in [2.24, 2.45) is 5.92 Å². The molecule has 0 bridgehead atoms. The summed E-state index contributed by atoms with van der Waals surface area (Å²) in [5.74, 6) is 0.839. The Balaban J connectivity index is 1.25. The summed E-state index contributed by atoms with van der Waals surface area (Å²) >= 11 is 0. The SMILES string of the molecule is CC(C)(O)C1CCC(NC(=O)C2CC(Oc3cccc4cccnc34)C2)CO1. The number of carbonyl (C=O) groups is 1. The molecule has 1 aromatic carbocycles. The highest BCUT2D eigenvalue weighted by Gasteiger charge is 2.38. The van der Waals surface area contributed by atoms with Crippen LogP contribution in [0.25, 0.3) is 10.9 Å². The third-order valence-electron chi connectivity index (χ3n) is 5.77. The third-order valence-corrected chi connectivity index (χ3v) is 5.77. The molecule has 28 heavy (non-hydrogen) atoms. The summed E-state index contributed by atoms with van der Waals surface area (Å²) in [6.07, 6.45) is 4.65. The number of nitrogens with zero attached hydrogens (tertiary/aromatic N) is 1. The van der Waals surface area contributed by atoms with Crippen LogP contribution in [0.3, 0.4) is 0 Å². The second-order valence-electron chi connectivity index (χ2n) is 8.50. The van der Waals surface area contributed by atoms with Gasteiger partial charge in [-0.2, -0.15) is 0 Å². The molecule has 1 aliphatic carbocycles. The molecule has 1 saturated carbocycles. The number of nitrogens with one attached hydrogen (secondary N) is 1. The van der Waals surface area contributed by atoms with Crippen molar-refractivity contribution in [3.05, 3.63) is 36.5 Å². The molecular formula is C22H28N2O4. The summed E-state index contributed by atoms with van der Waals surface area (Å²) in [4.78, 5) is 16.9. The maximum Gasteiger partial charge on any atom is 0.223 e. The van der Waals surface area contributed by atoms with Crippen molar-refractivity contribution in [1.29, 1.82) is 0 Å². The van der Waals surface area contributed by atoms with E-state index in [4.69, 9.17) is 9.47 Å². The molecule has 0 radical (unpaired) electrons. The minimum atomic E-state index is -0.843. The molecule has 2 unspecified atom stereocenters. The minimum absolute atomic E-state index is 0.0139. The molecule has 2 fully saturated rings. The van der Waals surface area contributed by atoms with Crippen LogP contribution in [-0.2, 0) is 9.53 Å². The fourth-order valence-electron chi connectivity index (χ4n) is 3.97. The molecule has 2 aromatic rings. The molecule has 6 nitrogen and oxygen atoms in total. The van der Waals surface area contributed by atoms with E-state index in [9.17, 15) is 9.90 Å². The zero-order valence-corrected chi connectivity index (χ0v) is 16.4. The van der Waals surface area contributed by atoms with Gasteiger partial charge in [0, 0.05) is 17.5 Å². The van der Waals surface area contributed by atoms with Crippen molar-refractivity contribution in [3.8, 4) is 5.75 Å². The number of hydrogen-bond donors (Lipinski definition) is 2. The standard InChI is InChI=1S/C22H28N2O4/c1-22(2,26)19-9-8-16(13-27-19)24-21(25)15-11-17(12-15)28-18-7-3-5-14-6-4-10-23-20(14)18/h3-7,10,15-17,19,26H,8-9,11-13H2,1-2H3,(H,24,25).